The standard InChI is InChI=1S/C12H18N6/c1-13-8-9-17(2)10-12-14-15-16-18(12)11-6-4-3-5-7-11/h3-7,13H,8-10H2,1-2H3. The topological polar surface area (TPSA) is 58.9 Å². The molecule has 1 heterocycles. The molecule has 0 amide bonds. The molecule has 0 unspecified atom stereocenters. The highest BCUT2D eigenvalue weighted by molar-refractivity contribution is 5.30. The minimum Gasteiger partial charge on any atom is -0.318 e. The van der Waals surface area contributed by atoms with Crippen LogP contribution in [-0.2, 0) is 6.54 Å². The summed E-state index contributed by atoms with van der Waals surface area (Å²) in [6, 6.07) is 9.92. The van der Waals surface area contributed by atoms with Gasteiger partial charge < -0.3 is 5.32 Å². The van der Waals surface area contributed by atoms with Crippen LogP contribution in [0.15, 0.2) is 30.3 Å². The SMILES string of the molecule is CNCCN(C)Cc1nnnn1-c1ccccc1. The fourth-order valence-corrected chi connectivity index (χ4v) is 1.70. The zero-order valence-electron chi connectivity index (χ0n) is 10.7. The highest BCUT2D eigenvalue weighted by Gasteiger charge is 2.10. The Balaban J connectivity index is 2.09. The number of hydrogen-bond acceptors (Lipinski definition) is 5. The molecule has 0 bridgehead atoms. The van der Waals surface area contributed by atoms with E-state index in [0.29, 0.717) is 0 Å². The van der Waals surface area contributed by atoms with Gasteiger partial charge in [0.15, 0.2) is 5.82 Å². The molecule has 0 fully saturated rings. The molecule has 2 rings (SSSR count). The van der Waals surface area contributed by atoms with Gasteiger partial charge in [0, 0.05) is 13.1 Å². The van der Waals surface area contributed by atoms with Gasteiger partial charge >= 0.3 is 0 Å². The third-order valence-corrected chi connectivity index (χ3v) is 2.69. The van der Waals surface area contributed by atoms with Gasteiger partial charge in [-0.2, -0.15) is 4.68 Å². The highest BCUT2D eigenvalue weighted by atomic mass is 15.5. The Hall–Kier alpha value is -1.79. The van der Waals surface area contributed by atoms with Crippen molar-refractivity contribution in [3.05, 3.63) is 36.2 Å². The maximum absolute atomic E-state index is 4.08. The van der Waals surface area contributed by atoms with Crippen molar-refractivity contribution in [1.82, 2.24) is 30.4 Å². The monoisotopic (exact) mass is 246 g/mol. The highest BCUT2D eigenvalue weighted by Crippen LogP contribution is 2.08. The van der Waals surface area contributed by atoms with Gasteiger partial charge in [0.2, 0.25) is 0 Å². The molecule has 0 aliphatic rings. The predicted octanol–water partition coefficient (Wildman–Crippen LogP) is 0.313. The quantitative estimate of drug-likeness (QED) is 0.795. The summed E-state index contributed by atoms with van der Waals surface area (Å²) in [6.07, 6.45) is 0. The van der Waals surface area contributed by atoms with Crippen LogP contribution in [0.25, 0.3) is 5.69 Å². The Bertz CT molecular complexity index is 466. The van der Waals surface area contributed by atoms with E-state index in [1.807, 2.05) is 37.4 Å². The number of nitrogens with one attached hydrogen (secondary N) is 1. The number of likely N-dealkylation sites (N-methyl/N-ethyl adjacent to an activating group) is 2. The van der Waals surface area contributed by atoms with Crippen molar-refractivity contribution in [2.24, 2.45) is 0 Å². The molecular formula is C12H18N6. The first-order valence-corrected chi connectivity index (χ1v) is 5.97. The minimum atomic E-state index is 0.726. The Morgan fingerprint density at radius 3 is 2.78 bits per heavy atom. The molecule has 2 aromatic rings. The van der Waals surface area contributed by atoms with E-state index in [1.54, 1.807) is 4.68 Å². The fraction of sp³-hybridized carbons (Fsp3) is 0.417. The van der Waals surface area contributed by atoms with Crippen molar-refractivity contribution in [2.75, 3.05) is 27.2 Å². The molecule has 0 aliphatic carbocycles. The van der Waals surface area contributed by atoms with Crippen LogP contribution in [0.1, 0.15) is 5.82 Å². The second-order valence-electron chi connectivity index (χ2n) is 4.18. The van der Waals surface area contributed by atoms with E-state index in [2.05, 4.69) is 32.8 Å². The van der Waals surface area contributed by atoms with Crippen LogP contribution in [0.3, 0.4) is 0 Å². The third-order valence-electron chi connectivity index (χ3n) is 2.69. The molecule has 96 valence electrons. The summed E-state index contributed by atoms with van der Waals surface area (Å²) in [5, 5.41) is 15.0. The van der Waals surface area contributed by atoms with Crippen molar-refractivity contribution in [1.29, 1.82) is 0 Å². The van der Waals surface area contributed by atoms with E-state index in [4.69, 9.17) is 0 Å². The summed E-state index contributed by atoms with van der Waals surface area (Å²) in [7, 11) is 4.00. The Labute approximate surface area is 107 Å². The van der Waals surface area contributed by atoms with Crippen LogP contribution in [-0.4, -0.2) is 52.3 Å². The van der Waals surface area contributed by atoms with Crippen LogP contribution >= 0.6 is 0 Å². The van der Waals surface area contributed by atoms with Gasteiger partial charge in [0.05, 0.1) is 12.2 Å². The number of tetrazole rings is 1. The zero-order chi connectivity index (χ0) is 12.8. The average Bonchev–Trinajstić information content (AvgIpc) is 2.85. The van der Waals surface area contributed by atoms with Crippen LogP contribution in [0.2, 0.25) is 0 Å². The summed E-state index contributed by atoms with van der Waals surface area (Å²) in [5.74, 6) is 0.847. The summed E-state index contributed by atoms with van der Waals surface area (Å²) in [5.41, 5.74) is 0.986. The lowest BCUT2D eigenvalue weighted by Gasteiger charge is -2.15. The molecule has 0 spiro atoms. The number of hydrogen-bond donors (Lipinski definition) is 1. The van der Waals surface area contributed by atoms with Crippen LogP contribution in [0.4, 0.5) is 0 Å². The first-order valence-electron chi connectivity index (χ1n) is 5.97. The first-order chi connectivity index (χ1) is 8.81. The van der Waals surface area contributed by atoms with Gasteiger partial charge in [-0.05, 0) is 36.7 Å². The fourth-order valence-electron chi connectivity index (χ4n) is 1.70. The number of aromatic nitrogens is 4. The summed E-state index contributed by atoms with van der Waals surface area (Å²) in [6.45, 7) is 2.63. The van der Waals surface area contributed by atoms with Gasteiger partial charge in [0.1, 0.15) is 0 Å². The average molecular weight is 246 g/mol. The molecular weight excluding hydrogens is 228 g/mol. The van der Waals surface area contributed by atoms with Crippen molar-refractivity contribution in [3.8, 4) is 5.69 Å². The van der Waals surface area contributed by atoms with Crippen molar-refractivity contribution >= 4 is 0 Å². The number of nitrogens with zero attached hydrogens (tertiary/aromatic N) is 5. The molecule has 1 aromatic carbocycles. The van der Waals surface area contributed by atoms with Gasteiger partial charge in [-0.25, -0.2) is 0 Å². The van der Waals surface area contributed by atoms with Crippen LogP contribution < -0.4 is 5.32 Å². The minimum absolute atomic E-state index is 0.726. The van der Waals surface area contributed by atoms with E-state index >= 15 is 0 Å². The van der Waals surface area contributed by atoms with Crippen LogP contribution in [0.5, 0.6) is 0 Å². The second-order valence-corrected chi connectivity index (χ2v) is 4.18. The van der Waals surface area contributed by atoms with E-state index in [9.17, 15) is 0 Å². The largest absolute Gasteiger partial charge is 0.318 e. The van der Waals surface area contributed by atoms with E-state index in [1.165, 1.54) is 0 Å². The smallest absolute Gasteiger partial charge is 0.170 e. The summed E-state index contributed by atoms with van der Waals surface area (Å²) >= 11 is 0. The Kier molecular flexibility index (Phi) is 4.38. The Morgan fingerprint density at radius 2 is 2.06 bits per heavy atom. The molecule has 0 atom stereocenters. The lowest BCUT2D eigenvalue weighted by Crippen LogP contribution is -2.28. The predicted molar refractivity (Wildman–Crippen MR) is 69.4 cm³/mol. The Morgan fingerprint density at radius 1 is 1.28 bits per heavy atom. The summed E-state index contributed by atoms with van der Waals surface area (Å²) in [4.78, 5) is 2.18. The molecule has 1 N–H and O–H groups in total. The van der Waals surface area contributed by atoms with Crippen LogP contribution in [0, 0.1) is 0 Å². The van der Waals surface area contributed by atoms with Gasteiger partial charge in [0.25, 0.3) is 0 Å². The first kappa shape index (κ1) is 12.7. The number of benzene rings is 1. The van der Waals surface area contributed by atoms with Gasteiger partial charge in [-0.1, -0.05) is 18.2 Å². The number of para-hydroxylation sites is 1. The normalized spacial score (nSPS) is 11.1. The number of rotatable bonds is 6. The molecule has 0 saturated carbocycles. The zero-order valence-corrected chi connectivity index (χ0v) is 10.7. The van der Waals surface area contributed by atoms with Gasteiger partial charge in [-0.3, -0.25) is 4.90 Å². The maximum Gasteiger partial charge on any atom is 0.170 e. The van der Waals surface area contributed by atoms with Crippen molar-refractivity contribution in [2.45, 2.75) is 6.54 Å². The molecule has 6 heteroatoms. The molecule has 1 aromatic heterocycles. The lowest BCUT2D eigenvalue weighted by atomic mass is 10.3. The van der Waals surface area contributed by atoms with Crippen molar-refractivity contribution < 1.29 is 0 Å². The second kappa shape index (κ2) is 6.23. The molecule has 6 nitrogen and oxygen atoms in total. The molecule has 0 saturated heterocycles. The summed E-state index contributed by atoms with van der Waals surface area (Å²) < 4.78 is 1.77. The lowest BCUT2D eigenvalue weighted by molar-refractivity contribution is 0.317. The van der Waals surface area contributed by atoms with E-state index in [0.717, 1.165) is 31.1 Å². The maximum atomic E-state index is 4.08. The molecule has 0 radical (unpaired) electrons. The van der Waals surface area contributed by atoms with Gasteiger partial charge in [-0.15, -0.1) is 5.10 Å². The van der Waals surface area contributed by atoms with E-state index in [-0.39, 0.29) is 0 Å². The molecule has 18 heavy (non-hydrogen) atoms. The van der Waals surface area contributed by atoms with E-state index < -0.39 is 0 Å². The van der Waals surface area contributed by atoms with Crippen molar-refractivity contribution in [3.63, 3.8) is 0 Å². The molecule has 0 aliphatic heterocycles. The third kappa shape index (κ3) is 3.12.